The molecule has 0 aliphatic carbocycles. The van der Waals surface area contributed by atoms with Gasteiger partial charge in [-0.15, -0.1) is 0 Å². The number of carbonyl (C=O) groups is 2. The van der Waals surface area contributed by atoms with Crippen LogP contribution in [0, 0.1) is 0 Å². The van der Waals surface area contributed by atoms with Gasteiger partial charge in [0.1, 0.15) is 11.3 Å². The second-order valence-corrected chi connectivity index (χ2v) is 6.68. The van der Waals surface area contributed by atoms with E-state index in [1.54, 1.807) is 36.5 Å². The molecular formula is C19H12N2O5S. The van der Waals surface area contributed by atoms with E-state index in [-0.39, 0.29) is 22.8 Å². The number of benzene rings is 2. The molecule has 0 saturated heterocycles. The van der Waals surface area contributed by atoms with E-state index in [1.807, 2.05) is 0 Å². The summed E-state index contributed by atoms with van der Waals surface area (Å²) < 4.78 is 5.17. The highest BCUT2D eigenvalue weighted by molar-refractivity contribution is 7.18. The van der Waals surface area contributed by atoms with Crippen molar-refractivity contribution < 1.29 is 24.5 Å². The number of rotatable bonds is 3. The fourth-order valence-corrected chi connectivity index (χ4v) is 3.33. The number of anilines is 1. The Hall–Kier alpha value is -3.65. The highest BCUT2D eigenvalue weighted by Gasteiger charge is 2.30. The van der Waals surface area contributed by atoms with Crippen LogP contribution in [0.5, 0.6) is 17.2 Å². The van der Waals surface area contributed by atoms with Crippen molar-refractivity contribution in [3.05, 3.63) is 66.0 Å². The van der Waals surface area contributed by atoms with Crippen molar-refractivity contribution >= 4 is 28.2 Å². The lowest BCUT2D eigenvalue weighted by Gasteiger charge is -2.16. The molecule has 0 spiro atoms. The first-order valence-corrected chi connectivity index (χ1v) is 8.65. The van der Waals surface area contributed by atoms with Crippen LogP contribution in [0.1, 0.15) is 10.4 Å². The Kier molecular flexibility index (Phi) is 4.09. The van der Waals surface area contributed by atoms with Crippen LogP contribution in [0.2, 0.25) is 0 Å². The lowest BCUT2D eigenvalue weighted by atomic mass is 10.0. The predicted molar refractivity (Wildman–Crippen MR) is 99.0 cm³/mol. The maximum Gasteiger partial charge on any atom is 0.349 e. The van der Waals surface area contributed by atoms with Gasteiger partial charge in [0.2, 0.25) is 5.78 Å². The van der Waals surface area contributed by atoms with E-state index >= 15 is 0 Å². The van der Waals surface area contributed by atoms with Crippen LogP contribution in [0.3, 0.4) is 0 Å². The number of thiazole rings is 1. The topological polar surface area (TPSA) is 109 Å². The summed E-state index contributed by atoms with van der Waals surface area (Å²) in [6.07, 6.45) is 2.85. The van der Waals surface area contributed by atoms with E-state index in [1.165, 1.54) is 29.7 Å². The molecule has 1 aliphatic rings. The first-order valence-electron chi connectivity index (χ1n) is 7.84. The Morgan fingerprint density at radius 1 is 1.07 bits per heavy atom. The van der Waals surface area contributed by atoms with Gasteiger partial charge in [-0.3, -0.25) is 4.79 Å². The smallest absolute Gasteiger partial charge is 0.349 e. The van der Waals surface area contributed by atoms with Gasteiger partial charge in [-0.2, -0.15) is 0 Å². The van der Waals surface area contributed by atoms with Gasteiger partial charge < -0.3 is 20.3 Å². The molecule has 3 aromatic rings. The summed E-state index contributed by atoms with van der Waals surface area (Å²) in [5, 5.41) is 22.3. The molecule has 134 valence electrons. The zero-order valence-corrected chi connectivity index (χ0v) is 14.5. The third-order valence-corrected chi connectivity index (χ3v) is 4.88. The van der Waals surface area contributed by atoms with Crippen molar-refractivity contribution in [3.63, 3.8) is 0 Å². The maximum atomic E-state index is 12.5. The number of nitrogens with one attached hydrogen (secondary N) is 1. The highest BCUT2D eigenvalue weighted by Crippen LogP contribution is 2.34. The molecule has 7 nitrogen and oxygen atoms in total. The number of carbonyl (C=O) groups excluding carboxylic acids is 2. The molecule has 0 atom stereocenters. The van der Waals surface area contributed by atoms with Crippen LogP contribution in [0.4, 0.5) is 5.13 Å². The van der Waals surface area contributed by atoms with E-state index in [9.17, 15) is 19.8 Å². The Bertz CT molecular complexity index is 1100. The Labute approximate surface area is 157 Å². The van der Waals surface area contributed by atoms with Crippen molar-refractivity contribution in [2.75, 3.05) is 5.32 Å². The number of para-hydroxylation sites is 1. The zero-order valence-electron chi connectivity index (χ0n) is 13.7. The monoisotopic (exact) mass is 380 g/mol. The molecule has 0 fully saturated rings. The van der Waals surface area contributed by atoms with Gasteiger partial charge in [-0.1, -0.05) is 23.5 Å². The lowest BCUT2D eigenvalue weighted by Crippen LogP contribution is -2.25. The maximum absolute atomic E-state index is 12.5. The SMILES string of the molecule is O=C1Oc2ccccc2C(=O)/C1=C/Nc1ncc(-c2ccc(O)c(O)c2)s1. The molecule has 0 unspecified atom stereocenters. The van der Waals surface area contributed by atoms with Gasteiger partial charge in [-0.05, 0) is 35.9 Å². The standard InChI is InChI=1S/C19H12N2O5S/c22-13-6-5-10(7-14(13)23)16-9-21-19(27-16)20-8-12-17(24)11-3-1-2-4-15(11)26-18(12)25/h1-9,22-23H,(H,20,21)/b12-8-. The number of ether oxygens (including phenoxy) is 1. The van der Waals surface area contributed by atoms with Crippen molar-refractivity contribution in [3.8, 4) is 27.7 Å². The van der Waals surface area contributed by atoms with Crippen molar-refractivity contribution in [2.24, 2.45) is 0 Å². The van der Waals surface area contributed by atoms with Crippen molar-refractivity contribution in [2.45, 2.75) is 0 Å². The molecular weight excluding hydrogens is 368 g/mol. The molecule has 2 heterocycles. The number of phenolic OH excluding ortho intramolecular Hbond substituents is 2. The van der Waals surface area contributed by atoms with Gasteiger partial charge in [0.25, 0.3) is 0 Å². The minimum absolute atomic E-state index is 0.118. The first-order chi connectivity index (χ1) is 13.0. The summed E-state index contributed by atoms with van der Waals surface area (Å²) in [5.74, 6) is -1.35. The van der Waals surface area contributed by atoms with E-state index < -0.39 is 11.8 Å². The van der Waals surface area contributed by atoms with Gasteiger partial charge in [0.05, 0.1) is 10.4 Å². The summed E-state index contributed by atoms with van der Waals surface area (Å²) in [4.78, 5) is 29.4. The molecule has 2 aromatic carbocycles. The molecule has 27 heavy (non-hydrogen) atoms. The third kappa shape index (κ3) is 3.13. The average Bonchev–Trinajstić information content (AvgIpc) is 3.13. The van der Waals surface area contributed by atoms with Crippen LogP contribution in [0.15, 0.2) is 60.4 Å². The van der Waals surface area contributed by atoms with E-state index in [0.29, 0.717) is 16.3 Å². The molecule has 0 amide bonds. The Balaban J connectivity index is 1.57. The molecule has 4 rings (SSSR count). The van der Waals surface area contributed by atoms with E-state index in [4.69, 9.17) is 4.74 Å². The third-order valence-electron chi connectivity index (χ3n) is 3.90. The molecule has 1 aliphatic heterocycles. The number of ketones is 1. The first kappa shape index (κ1) is 16.8. The number of nitrogens with zero attached hydrogens (tertiary/aromatic N) is 1. The summed E-state index contributed by atoms with van der Waals surface area (Å²) in [5.41, 5.74) is 0.878. The lowest BCUT2D eigenvalue weighted by molar-refractivity contribution is -0.130. The second kappa shape index (κ2) is 6.58. The van der Waals surface area contributed by atoms with Gasteiger partial charge in [-0.25, -0.2) is 9.78 Å². The number of Topliss-reactive ketones (excluding diaryl/α,β-unsaturated/α-hetero) is 1. The summed E-state index contributed by atoms with van der Waals surface area (Å²) in [6, 6.07) is 11.0. The summed E-state index contributed by atoms with van der Waals surface area (Å²) >= 11 is 1.25. The van der Waals surface area contributed by atoms with Gasteiger partial charge >= 0.3 is 5.97 Å². The number of esters is 1. The Morgan fingerprint density at radius 2 is 1.89 bits per heavy atom. The molecule has 3 N–H and O–H groups in total. The van der Waals surface area contributed by atoms with Gasteiger partial charge in [0, 0.05) is 12.4 Å². The number of hydrogen-bond donors (Lipinski definition) is 3. The average molecular weight is 380 g/mol. The number of aromatic hydroxyl groups is 2. The fourth-order valence-electron chi connectivity index (χ4n) is 2.55. The number of aromatic nitrogens is 1. The quantitative estimate of drug-likeness (QED) is 0.210. The molecule has 0 saturated carbocycles. The van der Waals surface area contributed by atoms with Crippen LogP contribution in [0.25, 0.3) is 10.4 Å². The summed E-state index contributed by atoms with van der Waals surface area (Å²) in [7, 11) is 0. The predicted octanol–water partition coefficient (Wildman–Crippen LogP) is 3.32. The molecule has 0 radical (unpaired) electrons. The number of phenols is 2. The van der Waals surface area contributed by atoms with E-state index in [0.717, 1.165) is 4.88 Å². The van der Waals surface area contributed by atoms with Crippen LogP contribution < -0.4 is 10.1 Å². The normalized spacial score (nSPS) is 14.7. The summed E-state index contributed by atoms with van der Waals surface area (Å²) in [6.45, 7) is 0. The Morgan fingerprint density at radius 3 is 2.70 bits per heavy atom. The zero-order chi connectivity index (χ0) is 19.0. The second-order valence-electron chi connectivity index (χ2n) is 5.65. The van der Waals surface area contributed by atoms with Crippen molar-refractivity contribution in [1.29, 1.82) is 0 Å². The van der Waals surface area contributed by atoms with Crippen molar-refractivity contribution in [1.82, 2.24) is 4.98 Å². The minimum Gasteiger partial charge on any atom is -0.504 e. The van der Waals surface area contributed by atoms with Crippen LogP contribution >= 0.6 is 11.3 Å². The van der Waals surface area contributed by atoms with Gasteiger partial charge in [0.15, 0.2) is 16.6 Å². The largest absolute Gasteiger partial charge is 0.504 e. The minimum atomic E-state index is -0.730. The fraction of sp³-hybridized carbons (Fsp3) is 0. The van der Waals surface area contributed by atoms with Crippen LogP contribution in [-0.2, 0) is 4.79 Å². The molecule has 8 heteroatoms. The molecule has 1 aromatic heterocycles. The van der Waals surface area contributed by atoms with Crippen LogP contribution in [-0.4, -0.2) is 26.9 Å². The molecule has 0 bridgehead atoms. The van der Waals surface area contributed by atoms with E-state index in [2.05, 4.69) is 10.3 Å². The number of hydrogen-bond acceptors (Lipinski definition) is 8. The highest BCUT2D eigenvalue weighted by atomic mass is 32.1. The number of fused-ring (bicyclic) bond motifs is 1.